The largest absolute Gasteiger partial charge is 0.497 e. The maximum absolute atomic E-state index is 10.4. The van der Waals surface area contributed by atoms with Crippen LogP contribution in [-0.4, -0.2) is 62.5 Å². The van der Waals surface area contributed by atoms with Crippen LogP contribution in [0.15, 0.2) is 0 Å². The van der Waals surface area contributed by atoms with Crippen LogP contribution in [0, 0.1) is 0 Å². The van der Waals surface area contributed by atoms with Crippen LogP contribution in [-0.2, 0) is 0 Å². The molecular formula is C7H24O6Si4. The van der Waals surface area contributed by atoms with Crippen molar-refractivity contribution in [2.24, 2.45) is 0 Å². The van der Waals surface area contributed by atoms with E-state index >= 15 is 0 Å². The van der Waals surface area contributed by atoms with Gasteiger partial charge < -0.3 is 28.8 Å². The molecule has 0 saturated heterocycles. The summed E-state index contributed by atoms with van der Waals surface area (Å²) in [4.78, 5) is 60.6. The van der Waals surface area contributed by atoms with Crippen LogP contribution in [0.2, 0.25) is 43.2 Å². The van der Waals surface area contributed by atoms with E-state index in [0.29, 0.717) is 0 Å². The van der Waals surface area contributed by atoms with E-state index < -0.39 is 37.7 Å². The molecule has 0 heterocycles. The number of hydrogen-bond acceptors (Lipinski definition) is 6. The minimum absolute atomic E-state index is 1.41. The molecule has 0 unspecified atom stereocenters. The third-order valence-electron chi connectivity index (χ3n) is 3.26. The van der Waals surface area contributed by atoms with Gasteiger partial charge in [-0.2, -0.15) is 0 Å². The molecule has 0 atom stereocenters. The Morgan fingerprint density at radius 3 is 0.706 bits per heavy atom. The zero-order valence-electron chi connectivity index (χ0n) is 11.2. The molecule has 0 fully saturated rings. The molecule has 0 aromatic rings. The number of rotatable bonds is 4. The number of hydrogen-bond donors (Lipinski definition) is 6. The highest BCUT2D eigenvalue weighted by atomic mass is 28.5. The fourth-order valence-electron chi connectivity index (χ4n) is 3.48. The second-order valence-electron chi connectivity index (χ2n) is 6.06. The monoisotopic (exact) mass is 316 g/mol. The third kappa shape index (κ3) is 2.65. The molecule has 0 rings (SSSR count). The molecule has 10 heteroatoms. The predicted molar refractivity (Wildman–Crippen MR) is 74.2 cm³/mol. The van der Waals surface area contributed by atoms with Crippen molar-refractivity contribution in [2.75, 3.05) is 0 Å². The van der Waals surface area contributed by atoms with Crippen molar-refractivity contribution in [2.45, 2.75) is 43.2 Å². The lowest BCUT2D eigenvalue weighted by Gasteiger charge is -2.55. The molecule has 17 heavy (non-hydrogen) atoms. The average Bonchev–Trinajstić information content (AvgIpc) is 1.67. The molecule has 6 N–H and O–H groups in total. The van der Waals surface area contributed by atoms with Gasteiger partial charge in [-0.25, -0.2) is 0 Å². The van der Waals surface area contributed by atoms with Crippen LogP contribution < -0.4 is 0 Å². The molecule has 0 aromatic heterocycles. The smallest absolute Gasteiger partial charge is 0.432 e. The first kappa shape index (κ1) is 17.6. The summed E-state index contributed by atoms with van der Waals surface area (Å²) in [6.07, 6.45) is 0. The van der Waals surface area contributed by atoms with Gasteiger partial charge in [-0.15, -0.1) is 0 Å². The van der Waals surface area contributed by atoms with E-state index in [1.165, 1.54) is 39.3 Å². The summed E-state index contributed by atoms with van der Waals surface area (Å²) in [5, 5.41) is 0. The van der Waals surface area contributed by atoms with Gasteiger partial charge in [-0.3, -0.25) is 0 Å². The van der Waals surface area contributed by atoms with Gasteiger partial charge in [0.05, 0.1) is 3.91 Å². The van der Waals surface area contributed by atoms with Crippen LogP contribution in [0.3, 0.4) is 0 Å². The molecule has 0 saturated carbocycles. The SMILES string of the molecule is C[Si](C)(O)C([Si](C)(C)O)([Si](C)(C)O)[Si](O)(O)O. The second-order valence-corrected chi connectivity index (χ2v) is 22.7. The standard InChI is InChI=1S/C7H24O6Si4/c1-14(2,8)7(15(3,4)9,16(5,6)10)17(11,12)13/h8-13H,1-6H3. The summed E-state index contributed by atoms with van der Waals surface area (Å²) < 4.78 is -1.86. The van der Waals surface area contributed by atoms with E-state index in [9.17, 15) is 28.8 Å². The Labute approximate surface area is 106 Å². The van der Waals surface area contributed by atoms with E-state index in [1.807, 2.05) is 0 Å². The average molecular weight is 317 g/mol. The van der Waals surface area contributed by atoms with Crippen molar-refractivity contribution < 1.29 is 28.8 Å². The van der Waals surface area contributed by atoms with Crippen molar-refractivity contribution in [3.63, 3.8) is 0 Å². The van der Waals surface area contributed by atoms with Crippen LogP contribution in [0.5, 0.6) is 0 Å². The van der Waals surface area contributed by atoms with E-state index in [1.54, 1.807) is 0 Å². The summed E-state index contributed by atoms with van der Waals surface area (Å²) in [5.41, 5.74) is 0. The fraction of sp³-hybridized carbons (Fsp3) is 1.00. The Morgan fingerprint density at radius 1 is 0.529 bits per heavy atom. The molecule has 0 aliphatic carbocycles. The quantitative estimate of drug-likeness (QED) is 0.364. The summed E-state index contributed by atoms with van der Waals surface area (Å²) >= 11 is 0. The summed E-state index contributed by atoms with van der Waals surface area (Å²) in [5.74, 6) is 0. The normalized spacial score (nSPS) is 16.2. The van der Waals surface area contributed by atoms with Crippen molar-refractivity contribution in [1.82, 2.24) is 0 Å². The van der Waals surface area contributed by atoms with Crippen LogP contribution >= 0.6 is 0 Å². The van der Waals surface area contributed by atoms with Gasteiger partial charge in [0, 0.05) is 0 Å². The molecule has 0 aliphatic heterocycles. The Kier molecular flexibility index (Phi) is 4.49. The van der Waals surface area contributed by atoms with Crippen LogP contribution in [0.4, 0.5) is 0 Å². The summed E-state index contributed by atoms with van der Waals surface area (Å²) in [7, 11) is -15.1. The van der Waals surface area contributed by atoms with Gasteiger partial charge in [0.25, 0.3) is 0 Å². The first-order valence-electron chi connectivity index (χ1n) is 5.34. The Morgan fingerprint density at radius 2 is 0.706 bits per heavy atom. The van der Waals surface area contributed by atoms with Gasteiger partial charge in [-0.05, 0) is 39.3 Å². The van der Waals surface area contributed by atoms with E-state index in [2.05, 4.69) is 0 Å². The topological polar surface area (TPSA) is 121 Å². The Bertz CT molecular complexity index is 219. The third-order valence-corrected chi connectivity index (χ3v) is 29.3. The zero-order valence-corrected chi connectivity index (χ0v) is 15.2. The van der Waals surface area contributed by atoms with Crippen LogP contribution in [0.25, 0.3) is 0 Å². The van der Waals surface area contributed by atoms with Crippen molar-refractivity contribution >= 4 is 33.8 Å². The maximum atomic E-state index is 10.4. The molecule has 104 valence electrons. The van der Waals surface area contributed by atoms with E-state index in [4.69, 9.17) is 0 Å². The molecular weight excluding hydrogens is 292 g/mol. The van der Waals surface area contributed by atoms with Gasteiger partial charge in [0.1, 0.15) is 0 Å². The minimum Gasteiger partial charge on any atom is -0.432 e. The van der Waals surface area contributed by atoms with Gasteiger partial charge >= 0.3 is 8.80 Å². The minimum atomic E-state index is -4.91. The molecule has 0 aliphatic rings. The van der Waals surface area contributed by atoms with Gasteiger partial charge in [-0.1, -0.05) is 0 Å². The molecule has 0 aromatic carbocycles. The predicted octanol–water partition coefficient (Wildman–Crippen LogP) is -1.15. The Balaban J connectivity index is 6.37. The fourth-order valence-corrected chi connectivity index (χ4v) is 31.3. The highest BCUT2D eigenvalue weighted by molar-refractivity contribution is 7.22. The van der Waals surface area contributed by atoms with Crippen molar-refractivity contribution in [3.05, 3.63) is 0 Å². The highest BCUT2D eigenvalue weighted by Crippen LogP contribution is 2.54. The highest BCUT2D eigenvalue weighted by Gasteiger charge is 2.78. The summed E-state index contributed by atoms with van der Waals surface area (Å²) in [6.45, 7) is 8.46. The lowest BCUT2D eigenvalue weighted by atomic mass is 11.7. The van der Waals surface area contributed by atoms with Crippen molar-refractivity contribution in [1.29, 1.82) is 0 Å². The molecule has 0 radical (unpaired) electrons. The second kappa shape index (κ2) is 4.33. The zero-order chi connectivity index (χ0) is 14.5. The molecule has 0 amide bonds. The molecule has 0 bridgehead atoms. The Hall–Kier alpha value is 0.628. The van der Waals surface area contributed by atoms with E-state index in [-0.39, 0.29) is 0 Å². The van der Waals surface area contributed by atoms with Crippen molar-refractivity contribution in [3.8, 4) is 0 Å². The lowest BCUT2D eigenvalue weighted by molar-refractivity contribution is 0.213. The summed E-state index contributed by atoms with van der Waals surface area (Å²) in [6, 6.07) is 0. The van der Waals surface area contributed by atoms with Gasteiger partial charge in [0.2, 0.25) is 0 Å². The van der Waals surface area contributed by atoms with E-state index in [0.717, 1.165) is 0 Å². The maximum Gasteiger partial charge on any atom is 0.497 e. The first-order chi connectivity index (χ1) is 7.00. The molecule has 0 spiro atoms. The van der Waals surface area contributed by atoms with Gasteiger partial charge in [0.15, 0.2) is 25.0 Å². The van der Waals surface area contributed by atoms with Crippen LogP contribution in [0.1, 0.15) is 0 Å². The molecule has 6 nitrogen and oxygen atoms in total. The lowest BCUT2D eigenvalue weighted by Crippen LogP contribution is -2.80. The first-order valence-corrected chi connectivity index (χ1v) is 16.0.